The molecule has 148 valence electrons. The molecule has 0 saturated heterocycles. The Labute approximate surface area is 157 Å². The van der Waals surface area contributed by atoms with Gasteiger partial charge in [-0.3, -0.25) is 4.79 Å². The molecule has 0 bridgehead atoms. The molecule has 2 aromatic rings. The largest absolute Gasteiger partial charge is 0.586 e. The van der Waals surface area contributed by atoms with Crippen molar-refractivity contribution in [3.63, 3.8) is 0 Å². The number of ether oxygens (including phenoxy) is 5. The molecular formula is C18H15F2NO7. The summed E-state index contributed by atoms with van der Waals surface area (Å²) in [5.74, 6) is -1.02. The molecule has 0 aromatic heterocycles. The van der Waals surface area contributed by atoms with E-state index in [1.807, 2.05) is 0 Å². The zero-order valence-corrected chi connectivity index (χ0v) is 14.8. The van der Waals surface area contributed by atoms with Gasteiger partial charge in [0.15, 0.2) is 29.6 Å². The number of methoxy groups -OCH3 is 2. The third kappa shape index (κ3) is 4.22. The van der Waals surface area contributed by atoms with Gasteiger partial charge in [0.1, 0.15) is 0 Å². The van der Waals surface area contributed by atoms with Crippen molar-refractivity contribution in [1.29, 1.82) is 0 Å². The lowest BCUT2D eigenvalue weighted by molar-refractivity contribution is -0.286. The van der Waals surface area contributed by atoms with E-state index in [-0.39, 0.29) is 22.7 Å². The average molecular weight is 395 g/mol. The van der Waals surface area contributed by atoms with Crippen molar-refractivity contribution in [3.8, 4) is 23.0 Å². The molecule has 1 heterocycles. The van der Waals surface area contributed by atoms with Crippen LogP contribution in [0.4, 0.5) is 14.5 Å². The number of hydrogen-bond acceptors (Lipinski definition) is 7. The first kappa shape index (κ1) is 19.2. The van der Waals surface area contributed by atoms with Crippen LogP contribution in [0.5, 0.6) is 23.0 Å². The molecule has 1 N–H and O–H groups in total. The summed E-state index contributed by atoms with van der Waals surface area (Å²) >= 11 is 0. The van der Waals surface area contributed by atoms with Crippen LogP contribution in [0.15, 0.2) is 36.4 Å². The fraction of sp³-hybridized carbons (Fsp3) is 0.222. The van der Waals surface area contributed by atoms with Crippen LogP contribution in [-0.4, -0.2) is 39.0 Å². The Bertz CT molecular complexity index is 917. The summed E-state index contributed by atoms with van der Waals surface area (Å²) in [4.78, 5) is 24.0. The predicted octanol–water partition coefficient (Wildman–Crippen LogP) is 2.82. The van der Waals surface area contributed by atoms with Gasteiger partial charge >= 0.3 is 12.3 Å². The summed E-state index contributed by atoms with van der Waals surface area (Å²) in [6.07, 6.45) is -3.75. The first-order valence-electron chi connectivity index (χ1n) is 7.90. The fourth-order valence-electron chi connectivity index (χ4n) is 2.40. The van der Waals surface area contributed by atoms with Gasteiger partial charge in [-0.1, -0.05) is 0 Å². The summed E-state index contributed by atoms with van der Waals surface area (Å²) in [7, 11) is 2.87. The maximum absolute atomic E-state index is 13.0. The number of alkyl halides is 2. The highest BCUT2D eigenvalue weighted by Gasteiger charge is 2.43. The number of halogens is 2. The van der Waals surface area contributed by atoms with Gasteiger partial charge in [-0.25, -0.2) is 4.79 Å². The van der Waals surface area contributed by atoms with Crippen LogP contribution in [0.1, 0.15) is 10.4 Å². The predicted molar refractivity (Wildman–Crippen MR) is 91.1 cm³/mol. The summed E-state index contributed by atoms with van der Waals surface area (Å²) < 4.78 is 49.7. The Morgan fingerprint density at radius 2 is 1.71 bits per heavy atom. The number of carbonyl (C=O) groups excluding carboxylic acids is 2. The van der Waals surface area contributed by atoms with Gasteiger partial charge in [-0.15, -0.1) is 8.78 Å². The summed E-state index contributed by atoms with van der Waals surface area (Å²) in [6, 6.07) is 8.14. The SMILES string of the molecule is COc1ccc(C(=O)OCC(=O)Nc2ccc3c(c2)OC(F)(F)O3)cc1OC. The van der Waals surface area contributed by atoms with Crippen LogP contribution >= 0.6 is 0 Å². The Kier molecular flexibility index (Phi) is 5.21. The number of nitrogens with one attached hydrogen (secondary N) is 1. The van der Waals surface area contributed by atoms with Gasteiger partial charge in [-0.05, 0) is 30.3 Å². The van der Waals surface area contributed by atoms with Gasteiger partial charge in [-0.2, -0.15) is 0 Å². The number of benzene rings is 2. The maximum Gasteiger partial charge on any atom is 0.586 e. The first-order chi connectivity index (χ1) is 13.3. The lowest BCUT2D eigenvalue weighted by Crippen LogP contribution is -2.25. The molecule has 8 nitrogen and oxygen atoms in total. The normalized spacial score (nSPS) is 13.6. The number of hydrogen-bond donors (Lipinski definition) is 1. The zero-order chi connectivity index (χ0) is 20.3. The van der Waals surface area contributed by atoms with Crippen molar-refractivity contribution in [2.75, 3.05) is 26.1 Å². The molecule has 0 unspecified atom stereocenters. The fourth-order valence-corrected chi connectivity index (χ4v) is 2.40. The van der Waals surface area contributed by atoms with E-state index < -0.39 is 24.8 Å². The second kappa shape index (κ2) is 7.59. The molecule has 2 aromatic carbocycles. The van der Waals surface area contributed by atoms with Gasteiger partial charge < -0.3 is 29.0 Å². The minimum Gasteiger partial charge on any atom is -0.493 e. The van der Waals surface area contributed by atoms with Gasteiger partial charge in [0.05, 0.1) is 19.8 Å². The van der Waals surface area contributed by atoms with Crippen LogP contribution in [0.3, 0.4) is 0 Å². The molecule has 1 aliphatic heterocycles. The van der Waals surface area contributed by atoms with E-state index in [4.69, 9.17) is 14.2 Å². The second-order valence-electron chi connectivity index (χ2n) is 5.52. The lowest BCUT2D eigenvalue weighted by atomic mass is 10.2. The standard InChI is InChI=1S/C18H15F2NO7/c1-24-12-5-3-10(7-14(12)25-2)17(23)26-9-16(22)21-11-4-6-13-15(8-11)28-18(19,20)27-13/h3-8H,9H2,1-2H3,(H,21,22). The van der Waals surface area contributed by atoms with Crippen LogP contribution in [0.25, 0.3) is 0 Å². The van der Waals surface area contributed by atoms with Crippen LogP contribution in [0, 0.1) is 0 Å². The highest BCUT2D eigenvalue weighted by molar-refractivity contribution is 5.96. The van der Waals surface area contributed by atoms with Crippen molar-refractivity contribution < 1.29 is 42.1 Å². The molecule has 1 aliphatic rings. The van der Waals surface area contributed by atoms with E-state index >= 15 is 0 Å². The Hall–Kier alpha value is -3.56. The van der Waals surface area contributed by atoms with E-state index in [1.165, 1.54) is 50.6 Å². The van der Waals surface area contributed by atoms with Gasteiger partial charge in [0.25, 0.3) is 5.91 Å². The van der Waals surface area contributed by atoms with Crippen molar-refractivity contribution in [2.45, 2.75) is 6.29 Å². The highest BCUT2D eigenvalue weighted by atomic mass is 19.3. The number of fused-ring (bicyclic) bond motifs is 1. The molecule has 0 aliphatic carbocycles. The molecule has 0 atom stereocenters. The smallest absolute Gasteiger partial charge is 0.493 e. The number of rotatable bonds is 6. The number of esters is 1. The van der Waals surface area contributed by atoms with Crippen molar-refractivity contribution >= 4 is 17.6 Å². The molecule has 28 heavy (non-hydrogen) atoms. The minimum atomic E-state index is -3.75. The van der Waals surface area contributed by atoms with Gasteiger partial charge in [0, 0.05) is 11.8 Å². The quantitative estimate of drug-likeness (QED) is 0.752. The average Bonchev–Trinajstić information content (AvgIpc) is 2.98. The van der Waals surface area contributed by atoms with E-state index in [0.717, 1.165) is 0 Å². The van der Waals surface area contributed by atoms with Crippen molar-refractivity contribution in [3.05, 3.63) is 42.0 Å². The zero-order valence-electron chi connectivity index (χ0n) is 14.8. The van der Waals surface area contributed by atoms with Crippen LogP contribution in [0.2, 0.25) is 0 Å². The van der Waals surface area contributed by atoms with Crippen LogP contribution < -0.4 is 24.3 Å². The number of anilines is 1. The Morgan fingerprint density at radius 3 is 2.43 bits per heavy atom. The highest BCUT2D eigenvalue weighted by Crippen LogP contribution is 2.42. The summed E-state index contributed by atoms with van der Waals surface area (Å²) in [6.45, 7) is -0.586. The second-order valence-corrected chi connectivity index (χ2v) is 5.52. The first-order valence-corrected chi connectivity index (χ1v) is 7.90. The Balaban J connectivity index is 1.57. The van der Waals surface area contributed by atoms with Gasteiger partial charge in [0.2, 0.25) is 0 Å². The summed E-state index contributed by atoms with van der Waals surface area (Å²) in [5, 5.41) is 2.41. The van der Waals surface area contributed by atoms with Crippen molar-refractivity contribution in [2.24, 2.45) is 0 Å². The minimum absolute atomic E-state index is 0.150. The number of amides is 1. The molecule has 3 rings (SSSR count). The molecule has 0 saturated carbocycles. The Morgan fingerprint density at radius 1 is 1.00 bits per heavy atom. The molecule has 10 heteroatoms. The third-order valence-electron chi connectivity index (χ3n) is 3.64. The maximum atomic E-state index is 13.0. The van der Waals surface area contributed by atoms with E-state index in [0.29, 0.717) is 11.5 Å². The van der Waals surface area contributed by atoms with E-state index in [2.05, 4.69) is 14.8 Å². The van der Waals surface area contributed by atoms with Crippen LogP contribution in [-0.2, 0) is 9.53 Å². The molecule has 1 amide bonds. The molecular weight excluding hydrogens is 380 g/mol. The van der Waals surface area contributed by atoms with E-state index in [9.17, 15) is 18.4 Å². The topological polar surface area (TPSA) is 92.3 Å². The monoisotopic (exact) mass is 395 g/mol. The molecule has 0 radical (unpaired) electrons. The van der Waals surface area contributed by atoms with Crippen molar-refractivity contribution in [1.82, 2.24) is 0 Å². The third-order valence-corrected chi connectivity index (χ3v) is 3.64. The summed E-state index contributed by atoms with van der Waals surface area (Å²) in [5.41, 5.74) is 0.336. The number of carbonyl (C=O) groups is 2. The molecule has 0 spiro atoms. The molecule has 0 fully saturated rings. The lowest BCUT2D eigenvalue weighted by Gasteiger charge is -2.10. The van der Waals surface area contributed by atoms with E-state index in [1.54, 1.807) is 0 Å².